The number of nitriles is 1. The minimum absolute atomic E-state index is 0.0864. The molecule has 15 heteroatoms. The van der Waals surface area contributed by atoms with Crippen molar-refractivity contribution in [1.82, 2.24) is 10.1 Å². The first-order valence-corrected chi connectivity index (χ1v) is 15.5. The van der Waals surface area contributed by atoms with Crippen LogP contribution >= 0.6 is 7.75 Å². The number of hydrazone groups is 1. The molecule has 0 saturated carbocycles. The molecule has 44 heavy (non-hydrogen) atoms. The molecule has 3 aliphatic rings. The van der Waals surface area contributed by atoms with E-state index in [2.05, 4.69) is 15.2 Å². The van der Waals surface area contributed by atoms with Crippen molar-refractivity contribution >= 4 is 25.9 Å². The lowest BCUT2D eigenvalue weighted by atomic mass is 9.87. The summed E-state index contributed by atoms with van der Waals surface area (Å²) in [6.07, 6.45) is -1.39. The van der Waals surface area contributed by atoms with Crippen molar-refractivity contribution in [1.29, 1.82) is 5.26 Å². The zero-order valence-electron chi connectivity index (χ0n) is 23.8. The van der Waals surface area contributed by atoms with Crippen molar-refractivity contribution in [2.45, 2.75) is 55.8 Å². The molecule has 0 amide bonds. The number of nitrogens with two attached hydrogens (primary N) is 1. The Hall–Kier alpha value is -4.09. The van der Waals surface area contributed by atoms with Crippen LogP contribution in [0.5, 0.6) is 5.75 Å². The summed E-state index contributed by atoms with van der Waals surface area (Å²) in [4.78, 5) is 16.9. The molecule has 5 rings (SSSR count). The van der Waals surface area contributed by atoms with E-state index in [-0.39, 0.29) is 31.0 Å². The highest BCUT2D eigenvalue weighted by atomic mass is 31.2. The maximum Gasteiger partial charge on any atom is 0.459 e. The zero-order chi connectivity index (χ0) is 31.3. The van der Waals surface area contributed by atoms with Crippen LogP contribution in [0.4, 0.5) is 0 Å². The number of amidine groups is 1. The molecule has 232 valence electrons. The number of carbonyl (C=O) groups excluding carboxylic acids is 1. The van der Waals surface area contributed by atoms with E-state index in [0.29, 0.717) is 5.70 Å². The molecule has 0 aromatic heterocycles. The van der Waals surface area contributed by atoms with Crippen LogP contribution in [-0.4, -0.2) is 82.6 Å². The molecule has 1 saturated heterocycles. The summed E-state index contributed by atoms with van der Waals surface area (Å²) in [6.45, 7) is 1.15. The summed E-state index contributed by atoms with van der Waals surface area (Å²) in [5, 5.41) is 40.6. The first-order valence-electron chi connectivity index (χ1n) is 14.0. The molecular weight excluding hydrogens is 591 g/mol. The molecule has 0 radical (unpaired) electrons. The molecule has 0 spiro atoms. The van der Waals surface area contributed by atoms with Gasteiger partial charge in [0, 0.05) is 0 Å². The van der Waals surface area contributed by atoms with Crippen LogP contribution in [0.3, 0.4) is 0 Å². The summed E-state index contributed by atoms with van der Waals surface area (Å²) < 4.78 is 37.0. The number of hydrogen-bond donors (Lipinski definition) is 4. The van der Waals surface area contributed by atoms with Crippen LogP contribution < -0.4 is 15.3 Å². The van der Waals surface area contributed by atoms with Crippen molar-refractivity contribution in [2.24, 2.45) is 15.8 Å². The predicted molar refractivity (Wildman–Crippen MR) is 158 cm³/mol. The first kappa shape index (κ1) is 31.3. The second-order valence-corrected chi connectivity index (χ2v) is 11.9. The average molecular weight is 625 g/mol. The standard InChI is InChI=1S/C29H33N6O8P/c1-2-40-28(38)21(15-19-9-5-3-6-10-19)34-44(39,43-20-11-7-4-8-12-20)41-16-23-25(36)26(37)29(17-30,42-23)24-14-13-22-27(31)32-18-33-35(22)24/h3-13,18,21,23-26,36-37H,2,14-16H2,1H3,(H,34,39)(H2,31,32,33)/t21-,23+,24?,25+,26+,29-,44?/m0/s1. The highest BCUT2D eigenvalue weighted by molar-refractivity contribution is 7.52. The van der Waals surface area contributed by atoms with E-state index in [4.69, 9.17) is 24.3 Å². The third-order valence-electron chi connectivity index (χ3n) is 7.42. The molecule has 14 nitrogen and oxygen atoms in total. The van der Waals surface area contributed by atoms with Crippen molar-refractivity contribution in [3.8, 4) is 11.8 Å². The van der Waals surface area contributed by atoms with Gasteiger partial charge in [0.1, 0.15) is 48.6 Å². The van der Waals surface area contributed by atoms with Gasteiger partial charge >= 0.3 is 13.7 Å². The van der Waals surface area contributed by atoms with Gasteiger partial charge in [-0.2, -0.15) is 15.5 Å². The topological polar surface area (TPSA) is 201 Å². The number of carbonyl (C=O) groups is 1. The Labute approximate surface area is 254 Å². The van der Waals surface area contributed by atoms with Gasteiger partial charge in [0.15, 0.2) is 5.84 Å². The summed E-state index contributed by atoms with van der Waals surface area (Å²) in [5.41, 5.74) is 5.20. The lowest BCUT2D eigenvalue weighted by molar-refractivity contribution is -0.145. The van der Waals surface area contributed by atoms with Gasteiger partial charge in [0.05, 0.1) is 18.9 Å². The van der Waals surface area contributed by atoms with Crippen LogP contribution in [0.1, 0.15) is 18.9 Å². The highest BCUT2D eigenvalue weighted by Crippen LogP contribution is 2.47. The van der Waals surface area contributed by atoms with Crippen LogP contribution in [-0.2, 0) is 29.8 Å². The molecule has 5 N–H and O–H groups in total. The predicted octanol–water partition coefficient (Wildman–Crippen LogP) is 1.61. The maximum absolute atomic E-state index is 14.3. The molecule has 2 unspecified atom stereocenters. The van der Waals surface area contributed by atoms with Gasteiger partial charge in [0.25, 0.3) is 0 Å². The number of fused-ring (bicyclic) bond motifs is 1. The first-order chi connectivity index (χ1) is 21.2. The number of hydrogen-bond acceptors (Lipinski definition) is 13. The quantitative estimate of drug-likeness (QED) is 0.197. The number of ether oxygens (including phenoxy) is 2. The number of nitrogens with one attached hydrogen (secondary N) is 1. The van der Waals surface area contributed by atoms with Crippen molar-refractivity contribution in [3.05, 3.63) is 78.0 Å². The Morgan fingerprint density at radius 3 is 2.64 bits per heavy atom. The molecule has 7 atom stereocenters. The lowest BCUT2D eigenvalue weighted by Crippen LogP contribution is -2.56. The molecule has 0 bridgehead atoms. The molecule has 0 aliphatic carbocycles. The Morgan fingerprint density at radius 1 is 1.25 bits per heavy atom. The fraction of sp³-hybridized carbons (Fsp3) is 0.379. The fourth-order valence-corrected chi connectivity index (χ4v) is 6.79. The lowest BCUT2D eigenvalue weighted by Gasteiger charge is -2.36. The van der Waals surface area contributed by atoms with Gasteiger partial charge in [-0.05, 0) is 37.5 Å². The van der Waals surface area contributed by atoms with E-state index in [1.165, 1.54) is 11.3 Å². The van der Waals surface area contributed by atoms with Gasteiger partial charge in [-0.15, -0.1) is 0 Å². The Morgan fingerprint density at radius 2 is 1.95 bits per heavy atom. The number of para-hydroxylation sites is 1. The zero-order valence-corrected chi connectivity index (χ0v) is 24.7. The van der Waals surface area contributed by atoms with Crippen molar-refractivity contribution in [2.75, 3.05) is 13.2 Å². The molecule has 2 aromatic rings. The van der Waals surface area contributed by atoms with E-state index in [1.54, 1.807) is 67.6 Å². The Balaban J connectivity index is 1.37. The molecule has 3 heterocycles. The molecule has 2 aromatic carbocycles. The number of nitrogens with zero attached hydrogens (tertiary/aromatic N) is 4. The summed E-state index contributed by atoms with van der Waals surface area (Å²) >= 11 is 0. The summed E-state index contributed by atoms with van der Waals surface area (Å²) in [7, 11) is -4.40. The average Bonchev–Trinajstić information content (AvgIpc) is 3.57. The van der Waals surface area contributed by atoms with Crippen molar-refractivity contribution < 1.29 is 38.1 Å². The summed E-state index contributed by atoms with van der Waals surface area (Å²) in [6, 6.07) is 17.2. The molecular formula is C29H33N6O8P. The van der Waals surface area contributed by atoms with Gasteiger partial charge in [-0.1, -0.05) is 54.6 Å². The third kappa shape index (κ3) is 6.39. The third-order valence-corrected chi connectivity index (χ3v) is 8.99. The number of aliphatic imine (C=N–C) groups is 1. The van der Waals surface area contributed by atoms with E-state index in [1.807, 2.05) is 12.1 Å². The Kier molecular flexibility index (Phi) is 9.45. The Bertz CT molecular complexity index is 1520. The smallest absolute Gasteiger partial charge is 0.459 e. The SMILES string of the molecule is CCOC(=O)[C@H](Cc1ccccc1)NP(=O)(OC[C@H]1O[C@@](C#N)(C2CC=C3C(N)=NC=NN32)[C@H](O)[C@@H]1O)Oc1ccccc1. The molecule has 3 aliphatic heterocycles. The molecule has 1 fully saturated rings. The van der Waals surface area contributed by atoms with E-state index in [9.17, 15) is 24.8 Å². The van der Waals surface area contributed by atoms with Crippen molar-refractivity contribution in [3.63, 3.8) is 0 Å². The van der Waals surface area contributed by atoms with E-state index >= 15 is 0 Å². The number of rotatable bonds is 12. The minimum atomic E-state index is -4.40. The van der Waals surface area contributed by atoms with Crippen LogP contribution in [0.25, 0.3) is 0 Å². The maximum atomic E-state index is 14.3. The number of benzene rings is 2. The van der Waals surface area contributed by atoms with Gasteiger partial charge in [-0.3, -0.25) is 14.3 Å². The second kappa shape index (κ2) is 13.3. The monoisotopic (exact) mass is 624 g/mol. The van der Waals surface area contributed by atoms with Gasteiger partial charge in [0.2, 0.25) is 5.60 Å². The van der Waals surface area contributed by atoms with Gasteiger partial charge < -0.3 is 29.9 Å². The largest absolute Gasteiger partial charge is 0.465 e. The number of esters is 1. The van der Waals surface area contributed by atoms with E-state index < -0.39 is 56.3 Å². The summed E-state index contributed by atoms with van der Waals surface area (Å²) in [5.74, 6) is -0.320. The van der Waals surface area contributed by atoms with Crippen LogP contribution in [0, 0.1) is 11.3 Å². The number of aliphatic hydroxyl groups is 2. The van der Waals surface area contributed by atoms with Crippen LogP contribution in [0.15, 0.2) is 82.5 Å². The number of aliphatic hydroxyl groups excluding tert-OH is 2. The normalized spacial score (nSPS) is 27.8. The van der Waals surface area contributed by atoms with Crippen LogP contribution in [0.2, 0.25) is 0 Å². The highest BCUT2D eigenvalue weighted by Gasteiger charge is 2.62. The fourth-order valence-electron chi connectivity index (χ4n) is 5.28. The second-order valence-electron chi connectivity index (χ2n) is 10.2. The minimum Gasteiger partial charge on any atom is -0.465 e. The van der Waals surface area contributed by atoms with Gasteiger partial charge in [-0.25, -0.2) is 9.56 Å². The van der Waals surface area contributed by atoms with E-state index in [0.717, 1.165) is 5.56 Å².